The molecule has 1 aliphatic heterocycles. The lowest BCUT2D eigenvalue weighted by molar-refractivity contribution is -0.131. The SMILES string of the molecule is C[C@@H](C#N)NC(=O)[C@@H]1CCC(F)(F)C[C@H]1c1nn(-c2ncccc2F)cc1-c1ccc(N2CCS(=O)(=O)CC2)cc1. The van der Waals surface area contributed by atoms with Gasteiger partial charge in [0.25, 0.3) is 0 Å². The molecule has 216 valence electrons. The highest BCUT2D eigenvalue weighted by Crippen LogP contribution is 2.47. The summed E-state index contributed by atoms with van der Waals surface area (Å²) in [4.78, 5) is 19.2. The molecule has 0 spiro atoms. The van der Waals surface area contributed by atoms with Crippen molar-refractivity contribution >= 4 is 21.4 Å². The third-order valence-corrected chi connectivity index (χ3v) is 9.26. The topological polar surface area (TPSA) is 121 Å². The van der Waals surface area contributed by atoms with Crippen LogP contribution in [-0.4, -0.2) is 65.6 Å². The number of hydrogen-bond donors (Lipinski definition) is 1. The van der Waals surface area contributed by atoms with E-state index in [4.69, 9.17) is 5.26 Å². The monoisotopic (exact) mass is 586 g/mol. The van der Waals surface area contributed by atoms with E-state index < -0.39 is 58.2 Å². The Morgan fingerprint density at radius 3 is 2.56 bits per heavy atom. The molecule has 1 amide bonds. The number of halogens is 3. The summed E-state index contributed by atoms with van der Waals surface area (Å²) in [5.74, 6) is -6.11. The molecule has 1 saturated carbocycles. The zero-order valence-corrected chi connectivity index (χ0v) is 23.1. The minimum atomic E-state index is -3.05. The van der Waals surface area contributed by atoms with E-state index in [0.717, 1.165) is 5.69 Å². The number of aromatic nitrogens is 3. The number of nitrogens with one attached hydrogen (secondary N) is 1. The first-order valence-electron chi connectivity index (χ1n) is 13.3. The molecule has 2 aromatic heterocycles. The number of rotatable bonds is 6. The smallest absolute Gasteiger partial charge is 0.248 e. The number of nitriles is 1. The van der Waals surface area contributed by atoms with Crippen LogP contribution in [0, 0.1) is 23.1 Å². The molecule has 1 saturated heterocycles. The number of nitrogens with zero attached hydrogens (tertiary/aromatic N) is 5. The highest BCUT2D eigenvalue weighted by molar-refractivity contribution is 7.91. The fourth-order valence-electron chi connectivity index (χ4n) is 5.45. The molecular weight excluding hydrogens is 557 g/mol. The van der Waals surface area contributed by atoms with E-state index in [0.29, 0.717) is 24.2 Å². The first-order chi connectivity index (χ1) is 19.5. The highest BCUT2D eigenvalue weighted by atomic mass is 32.2. The van der Waals surface area contributed by atoms with Crippen LogP contribution in [0.4, 0.5) is 18.9 Å². The number of anilines is 1. The fourth-order valence-corrected chi connectivity index (χ4v) is 6.65. The van der Waals surface area contributed by atoms with Gasteiger partial charge >= 0.3 is 0 Å². The molecule has 1 N–H and O–H groups in total. The lowest BCUT2D eigenvalue weighted by atomic mass is 9.74. The zero-order valence-electron chi connectivity index (χ0n) is 22.3. The van der Waals surface area contributed by atoms with Gasteiger partial charge in [0.2, 0.25) is 11.8 Å². The van der Waals surface area contributed by atoms with Crippen LogP contribution >= 0.6 is 0 Å². The van der Waals surface area contributed by atoms with E-state index >= 15 is 0 Å². The van der Waals surface area contributed by atoms with E-state index in [1.807, 2.05) is 23.1 Å². The Morgan fingerprint density at radius 1 is 1.20 bits per heavy atom. The standard InChI is InChI=1S/C28H29F3N6O3S/c1-18(16-32)34-27(38)21-8-9-28(30,31)15-22(21)25-23(17-37(35-25)26-24(29)3-2-10-33-26)19-4-6-20(7-5-19)36-11-13-41(39,40)14-12-36/h2-7,10,17-18,21-22H,8-9,11-15H2,1H3,(H,34,38)/t18-,21+,22+/m0/s1. The van der Waals surface area contributed by atoms with Gasteiger partial charge in [0.15, 0.2) is 21.5 Å². The second kappa shape index (κ2) is 11.2. The molecule has 0 unspecified atom stereocenters. The normalized spacial score (nSPS) is 22.5. The van der Waals surface area contributed by atoms with Gasteiger partial charge in [-0.05, 0) is 43.2 Å². The van der Waals surface area contributed by atoms with E-state index in [9.17, 15) is 26.4 Å². The Kier molecular flexibility index (Phi) is 7.78. The van der Waals surface area contributed by atoms with Gasteiger partial charge < -0.3 is 10.2 Å². The van der Waals surface area contributed by atoms with Crippen molar-refractivity contribution in [3.63, 3.8) is 0 Å². The lowest BCUT2D eigenvalue weighted by Crippen LogP contribution is -2.43. The Labute approximate surface area is 235 Å². The quantitative estimate of drug-likeness (QED) is 0.466. The first-order valence-corrected chi connectivity index (χ1v) is 15.1. The number of alkyl halides is 2. The maximum atomic E-state index is 14.8. The number of carbonyl (C=O) groups is 1. The van der Waals surface area contributed by atoms with Gasteiger partial charge in [-0.1, -0.05) is 12.1 Å². The summed E-state index contributed by atoms with van der Waals surface area (Å²) >= 11 is 0. The van der Waals surface area contributed by atoms with Crippen molar-refractivity contribution in [2.24, 2.45) is 5.92 Å². The average Bonchev–Trinajstić information content (AvgIpc) is 3.38. The maximum Gasteiger partial charge on any atom is 0.248 e. The molecule has 13 heteroatoms. The summed E-state index contributed by atoms with van der Waals surface area (Å²) in [5, 5.41) is 16.3. The van der Waals surface area contributed by atoms with Crippen LogP contribution in [0.3, 0.4) is 0 Å². The van der Waals surface area contributed by atoms with Crippen LogP contribution in [0.15, 0.2) is 48.8 Å². The Hall–Kier alpha value is -3.92. The fraction of sp³-hybridized carbons (Fsp3) is 0.429. The molecule has 0 bridgehead atoms. The van der Waals surface area contributed by atoms with Crippen LogP contribution < -0.4 is 10.2 Å². The number of pyridine rings is 1. The second-order valence-corrected chi connectivity index (χ2v) is 12.8. The van der Waals surface area contributed by atoms with Gasteiger partial charge in [-0.25, -0.2) is 31.3 Å². The van der Waals surface area contributed by atoms with Gasteiger partial charge in [-0.2, -0.15) is 10.4 Å². The Morgan fingerprint density at radius 2 is 1.90 bits per heavy atom. The number of sulfone groups is 1. The Balaban J connectivity index is 1.56. The van der Waals surface area contributed by atoms with Gasteiger partial charge in [-0.3, -0.25) is 4.79 Å². The van der Waals surface area contributed by atoms with Crippen molar-refractivity contribution in [2.45, 2.75) is 44.1 Å². The van der Waals surface area contributed by atoms with E-state index in [1.54, 1.807) is 12.1 Å². The molecule has 3 atom stereocenters. The number of hydrogen-bond acceptors (Lipinski definition) is 7. The molecule has 3 heterocycles. The lowest BCUT2D eigenvalue weighted by Gasteiger charge is -2.35. The van der Waals surface area contributed by atoms with Crippen LogP contribution in [0.5, 0.6) is 0 Å². The van der Waals surface area contributed by atoms with Crippen molar-refractivity contribution in [1.29, 1.82) is 5.26 Å². The molecule has 9 nitrogen and oxygen atoms in total. The van der Waals surface area contributed by atoms with Crippen molar-refractivity contribution in [1.82, 2.24) is 20.1 Å². The van der Waals surface area contributed by atoms with E-state index in [-0.39, 0.29) is 29.4 Å². The zero-order chi connectivity index (χ0) is 29.4. The molecular formula is C28H29F3N6O3S. The molecule has 5 rings (SSSR count). The average molecular weight is 587 g/mol. The maximum absolute atomic E-state index is 14.8. The van der Waals surface area contributed by atoms with Crippen LogP contribution in [-0.2, 0) is 14.6 Å². The summed E-state index contributed by atoms with van der Waals surface area (Å²) < 4.78 is 69.2. The van der Waals surface area contributed by atoms with E-state index in [2.05, 4.69) is 15.4 Å². The summed E-state index contributed by atoms with van der Waals surface area (Å²) in [5.41, 5.74) is 2.06. The minimum Gasteiger partial charge on any atom is -0.369 e. The van der Waals surface area contributed by atoms with Gasteiger partial charge in [0, 0.05) is 61.4 Å². The van der Waals surface area contributed by atoms with Crippen LogP contribution in [0.1, 0.15) is 37.8 Å². The molecule has 0 radical (unpaired) electrons. The third-order valence-electron chi connectivity index (χ3n) is 7.65. The Bertz CT molecular complexity index is 1570. The van der Waals surface area contributed by atoms with Gasteiger partial charge in [0.1, 0.15) is 6.04 Å². The largest absolute Gasteiger partial charge is 0.369 e. The number of benzene rings is 1. The summed E-state index contributed by atoms with van der Waals surface area (Å²) in [6.07, 6.45) is 1.68. The predicted octanol–water partition coefficient (Wildman–Crippen LogP) is 3.86. The summed E-state index contributed by atoms with van der Waals surface area (Å²) in [6, 6.07) is 10.9. The molecule has 41 heavy (non-hydrogen) atoms. The van der Waals surface area contributed by atoms with Crippen molar-refractivity contribution < 1.29 is 26.4 Å². The summed E-state index contributed by atoms with van der Waals surface area (Å²) in [6.45, 7) is 2.23. The minimum absolute atomic E-state index is 0.0606. The number of amides is 1. The summed E-state index contributed by atoms with van der Waals surface area (Å²) in [7, 11) is -3.05. The van der Waals surface area contributed by atoms with Crippen LogP contribution in [0.25, 0.3) is 16.9 Å². The van der Waals surface area contributed by atoms with Gasteiger partial charge in [0.05, 0.1) is 23.3 Å². The first kappa shape index (κ1) is 28.6. The van der Waals surface area contributed by atoms with Crippen molar-refractivity contribution in [3.8, 4) is 23.0 Å². The molecule has 2 fully saturated rings. The third kappa shape index (κ3) is 6.22. The molecule has 1 aliphatic carbocycles. The molecule has 3 aromatic rings. The number of carbonyl (C=O) groups excluding carboxylic acids is 1. The molecule has 2 aliphatic rings. The van der Waals surface area contributed by atoms with E-state index in [1.165, 1.54) is 36.1 Å². The van der Waals surface area contributed by atoms with Gasteiger partial charge in [-0.15, -0.1) is 0 Å². The van der Waals surface area contributed by atoms with Crippen molar-refractivity contribution in [2.75, 3.05) is 29.5 Å². The van der Waals surface area contributed by atoms with Crippen molar-refractivity contribution in [3.05, 3.63) is 60.3 Å². The second-order valence-electron chi connectivity index (χ2n) is 10.5. The predicted molar refractivity (Wildman–Crippen MR) is 146 cm³/mol. The van der Waals surface area contributed by atoms with Crippen LogP contribution in [0.2, 0.25) is 0 Å². The highest BCUT2D eigenvalue weighted by Gasteiger charge is 2.46. The molecule has 1 aromatic carbocycles.